The zero-order valence-electron chi connectivity index (χ0n) is 13.1. The van der Waals surface area contributed by atoms with E-state index in [2.05, 4.69) is 8.92 Å². The second kappa shape index (κ2) is 9.26. The van der Waals surface area contributed by atoms with Crippen molar-refractivity contribution >= 4 is 22.1 Å². The molecule has 0 unspecified atom stereocenters. The number of rotatable bonds is 9. The zero-order chi connectivity index (χ0) is 17.3. The van der Waals surface area contributed by atoms with Gasteiger partial charge in [-0.3, -0.25) is 13.8 Å². The summed E-state index contributed by atoms with van der Waals surface area (Å²) in [7, 11) is -2.40. The third-order valence-corrected chi connectivity index (χ3v) is 3.55. The van der Waals surface area contributed by atoms with Gasteiger partial charge in [-0.2, -0.15) is 8.42 Å². The number of carbonyl (C=O) groups is 2. The average molecular weight is 344 g/mol. The Hall–Kier alpha value is -1.93. The summed E-state index contributed by atoms with van der Waals surface area (Å²) in [5, 5.41) is 0. The molecular formula is C15H20O7S. The van der Waals surface area contributed by atoms with Crippen molar-refractivity contribution in [1.82, 2.24) is 0 Å². The average Bonchev–Trinajstić information content (AvgIpc) is 2.51. The second-order valence-electron chi connectivity index (χ2n) is 4.89. The first-order chi connectivity index (χ1) is 10.8. The summed E-state index contributed by atoms with van der Waals surface area (Å²) in [4.78, 5) is 23.5. The molecule has 0 aliphatic carbocycles. The van der Waals surface area contributed by atoms with Crippen LogP contribution in [0.15, 0.2) is 30.3 Å². The number of ether oxygens (including phenoxy) is 2. The SMILES string of the molecule is COC(=O)[C@H](CCOS(C)(=O)=O)CC(=O)OCc1ccccc1. The van der Waals surface area contributed by atoms with Crippen molar-refractivity contribution in [2.24, 2.45) is 5.92 Å². The Labute approximate surface area is 135 Å². The fourth-order valence-corrected chi connectivity index (χ4v) is 2.21. The summed E-state index contributed by atoms with van der Waals surface area (Å²) in [5.74, 6) is -1.99. The smallest absolute Gasteiger partial charge is 0.309 e. The highest BCUT2D eigenvalue weighted by Crippen LogP contribution is 2.14. The number of methoxy groups -OCH3 is 1. The van der Waals surface area contributed by atoms with Gasteiger partial charge in [-0.15, -0.1) is 0 Å². The quantitative estimate of drug-likeness (QED) is 0.492. The molecule has 1 atom stereocenters. The van der Waals surface area contributed by atoms with Gasteiger partial charge in [0, 0.05) is 0 Å². The summed E-state index contributed by atoms with van der Waals surface area (Å²) in [6.45, 7) is -0.0992. The van der Waals surface area contributed by atoms with Crippen LogP contribution in [-0.2, 0) is 40.0 Å². The van der Waals surface area contributed by atoms with Crippen LogP contribution < -0.4 is 0 Å². The van der Waals surface area contributed by atoms with Gasteiger partial charge in [0.1, 0.15) is 6.61 Å². The van der Waals surface area contributed by atoms with E-state index in [4.69, 9.17) is 4.74 Å². The molecule has 1 aromatic rings. The van der Waals surface area contributed by atoms with Crippen LogP contribution in [0.5, 0.6) is 0 Å². The molecule has 1 rings (SSSR count). The highest BCUT2D eigenvalue weighted by atomic mass is 32.2. The van der Waals surface area contributed by atoms with Crippen LogP contribution in [0.25, 0.3) is 0 Å². The highest BCUT2D eigenvalue weighted by molar-refractivity contribution is 7.85. The molecule has 0 bridgehead atoms. The first kappa shape index (κ1) is 19.1. The molecule has 0 aliphatic rings. The fraction of sp³-hybridized carbons (Fsp3) is 0.467. The number of carbonyl (C=O) groups excluding carboxylic acids is 2. The number of hydrogen-bond acceptors (Lipinski definition) is 7. The molecule has 1 aromatic carbocycles. The van der Waals surface area contributed by atoms with Gasteiger partial charge in [0.25, 0.3) is 10.1 Å². The van der Waals surface area contributed by atoms with E-state index < -0.39 is 28.0 Å². The number of esters is 2. The lowest BCUT2D eigenvalue weighted by Crippen LogP contribution is -2.23. The van der Waals surface area contributed by atoms with Gasteiger partial charge in [0.05, 0.1) is 32.3 Å². The van der Waals surface area contributed by atoms with Gasteiger partial charge in [-0.25, -0.2) is 0 Å². The van der Waals surface area contributed by atoms with Crippen LogP contribution in [0.1, 0.15) is 18.4 Å². The highest BCUT2D eigenvalue weighted by Gasteiger charge is 2.24. The van der Waals surface area contributed by atoms with E-state index in [0.717, 1.165) is 11.8 Å². The Balaban J connectivity index is 2.48. The van der Waals surface area contributed by atoms with E-state index in [1.165, 1.54) is 7.11 Å². The van der Waals surface area contributed by atoms with Gasteiger partial charge in [-0.05, 0) is 12.0 Å². The largest absolute Gasteiger partial charge is 0.469 e. The lowest BCUT2D eigenvalue weighted by atomic mass is 10.0. The lowest BCUT2D eigenvalue weighted by Gasteiger charge is -2.13. The predicted molar refractivity (Wildman–Crippen MR) is 81.8 cm³/mol. The van der Waals surface area contributed by atoms with Crippen LogP contribution in [-0.4, -0.2) is 40.3 Å². The summed E-state index contributed by atoms with van der Waals surface area (Å²) in [6.07, 6.45) is 0.751. The standard InChI is InChI=1S/C15H20O7S/c1-20-15(17)13(8-9-22-23(2,18)19)10-14(16)21-11-12-6-4-3-5-7-12/h3-7,13H,8-11H2,1-2H3/t13-/m1/s1. The number of hydrogen-bond donors (Lipinski definition) is 0. The minimum atomic E-state index is -3.60. The summed E-state index contributed by atoms with van der Waals surface area (Å²) < 4.78 is 36.1. The van der Waals surface area contributed by atoms with Gasteiger partial charge in [0.2, 0.25) is 0 Å². The van der Waals surface area contributed by atoms with E-state index in [-0.39, 0.29) is 26.1 Å². The summed E-state index contributed by atoms with van der Waals surface area (Å²) in [6, 6.07) is 9.11. The van der Waals surface area contributed by atoms with Crippen LogP contribution >= 0.6 is 0 Å². The Morgan fingerprint density at radius 1 is 1.17 bits per heavy atom. The molecule has 0 amide bonds. The van der Waals surface area contributed by atoms with Crippen LogP contribution in [0.4, 0.5) is 0 Å². The van der Waals surface area contributed by atoms with Crippen molar-refractivity contribution < 1.29 is 31.7 Å². The molecule has 23 heavy (non-hydrogen) atoms. The molecule has 7 nitrogen and oxygen atoms in total. The normalized spacial score (nSPS) is 12.4. The molecule has 8 heteroatoms. The van der Waals surface area contributed by atoms with E-state index in [1.807, 2.05) is 30.3 Å². The maximum absolute atomic E-state index is 11.8. The Kier molecular flexibility index (Phi) is 7.70. The van der Waals surface area contributed by atoms with Gasteiger partial charge < -0.3 is 9.47 Å². The molecule has 0 aromatic heterocycles. The Bertz CT molecular complexity index is 610. The summed E-state index contributed by atoms with van der Waals surface area (Å²) in [5.41, 5.74) is 0.830. The molecule has 128 valence electrons. The van der Waals surface area contributed by atoms with Crippen LogP contribution in [0, 0.1) is 5.92 Å². The van der Waals surface area contributed by atoms with Crippen molar-refractivity contribution in [3.8, 4) is 0 Å². The minimum Gasteiger partial charge on any atom is -0.469 e. The zero-order valence-corrected chi connectivity index (χ0v) is 13.9. The molecule has 0 radical (unpaired) electrons. The van der Waals surface area contributed by atoms with E-state index in [9.17, 15) is 18.0 Å². The van der Waals surface area contributed by atoms with Gasteiger partial charge in [0.15, 0.2) is 0 Å². The first-order valence-corrected chi connectivity index (χ1v) is 8.75. The van der Waals surface area contributed by atoms with Crippen LogP contribution in [0.2, 0.25) is 0 Å². The third-order valence-electron chi connectivity index (χ3n) is 2.95. The van der Waals surface area contributed by atoms with Crippen molar-refractivity contribution in [2.75, 3.05) is 20.0 Å². The molecular weight excluding hydrogens is 324 g/mol. The molecule has 0 saturated heterocycles. The molecule has 0 N–H and O–H groups in total. The topological polar surface area (TPSA) is 96.0 Å². The molecule has 0 aliphatic heterocycles. The number of benzene rings is 1. The van der Waals surface area contributed by atoms with Crippen molar-refractivity contribution in [3.05, 3.63) is 35.9 Å². The second-order valence-corrected chi connectivity index (χ2v) is 6.53. The summed E-state index contributed by atoms with van der Waals surface area (Å²) >= 11 is 0. The van der Waals surface area contributed by atoms with Gasteiger partial charge in [-0.1, -0.05) is 30.3 Å². The predicted octanol–water partition coefficient (Wildman–Crippen LogP) is 1.28. The Morgan fingerprint density at radius 3 is 2.39 bits per heavy atom. The maximum Gasteiger partial charge on any atom is 0.309 e. The molecule has 0 fully saturated rings. The fourth-order valence-electron chi connectivity index (χ4n) is 1.81. The monoisotopic (exact) mass is 344 g/mol. The molecule has 0 saturated carbocycles. The van der Waals surface area contributed by atoms with E-state index in [0.29, 0.717) is 0 Å². The van der Waals surface area contributed by atoms with Crippen molar-refractivity contribution in [1.29, 1.82) is 0 Å². The van der Waals surface area contributed by atoms with Crippen LogP contribution in [0.3, 0.4) is 0 Å². The Morgan fingerprint density at radius 2 is 1.83 bits per heavy atom. The van der Waals surface area contributed by atoms with Crippen molar-refractivity contribution in [2.45, 2.75) is 19.4 Å². The first-order valence-electron chi connectivity index (χ1n) is 6.93. The lowest BCUT2D eigenvalue weighted by molar-refractivity contribution is -0.154. The van der Waals surface area contributed by atoms with E-state index >= 15 is 0 Å². The van der Waals surface area contributed by atoms with Gasteiger partial charge >= 0.3 is 11.9 Å². The van der Waals surface area contributed by atoms with Crippen molar-refractivity contribution in [3.63, 3.8) is 0 Å². The minimum absolute atomic E-state index is 0.0418. The molecule has 0 heterocycles. The maximum atomic E-state index is 11.8. The molecule has 0 spiro atoms. The third kappa shape index (κ3) is 8.32. The van der Waals surface area contributed by atoms with E-state index in [1.54, 1.807) is 0 Å².